The third-order valence-corrected chi connectivity index (χ3v) is 2.87. The van der Waals surface area contributed by atoms with Crippen molar-refractivity contribution in [2.24, 2.45) is 5.92 Å². The molecule has 4 atom stereocenters. The maximum atomic E-state index is 10.6. The predicted molar refractivity (Wildman–Crippen MR) is 53.0 cm³/mol. The average molecular weight is 256 g/mol. The summed E-state index contributed by atoms with van der Waals surface area (Å²) in [5.41, 5.74) is 0. The van der Waals surface area contributed by atoms with Crippen LogP contribution in [0, 0.1) is 5.92 Å². The monoisotopic (exact) mass is 256 g/mol. The maximum Gasteiger partial charge on any atom is 0.397 e. The molecular formula is C8H16O7S. The third-order valence-electron chi connectivity index (χ3n) is 2.40. The minimum Gasteiger partial charge on any atom is -0.388 e. The third kappa shape index (κ3) is 3.37. The molecule has 0 aliphatic carbocycles. The fourth-order valence-corrected chi connectivity index (χ4v) is 2.14. The zero-order valence-corrected chi connectivity index (χ0v) is 9.79. The van der Waals surface area contributed by atoms with Crippen LogP contribution in [0.2, 0.25) is 0 Å². The molecule has 1 saturated heterocycles. The number of aliphatic hydroxyl groups is 2. The van der Waals surface area contributed by atoms with Crippen LogP contribution in [0.25, 0.3) is 0 Å². The van der Waals surface area contributed by atoms with Crippen LogP contribution in [0.5, 0.6) is 0 Å². The van der Waals surface area contributed by atoms with Gasteiger partial charge in [-0.15, -0.1) is 0 Å². The van der Waals surface area contributed by atoms with Gasteiger partial charge in [-0.25, -0.2) is 4.18 Å². The summed E-state index contributed by atoms with van der Waals surface area (Å²) in [5, 5.41) is 18.9. The van der Waals surface area contributed by atoms with Crippen molar-refractivity contribution in [3.63, 3.8) is 0 Å². The minimum absolute atomic E-state index is 0.102. The number of hydrogen-bond donors (Lipinski definition) is 3. The van der Waals surface area contributed by atoms with E-state index in [1.165, 1.54) is 0 Å². The summed E-state index contributed by atoms with van der Waals surface area (Å²) < 4.78 is 39.3. The standard InChI is InChI=1S/C8H16O7S/c1-4(2)7-8(15-16(11,12)13)6(10)5(9)3-14-7/h4-10H,3H2,1-2H3,(H,11,12,13). The van der Waals surface area contributed by atoms with Crippen molar-refractivity contribution in [1.29, 1.82) is 0 Å². The first kappa shape index (κ1) is 13.8. The number of ether oxygens (including phenoxy) is 1. The van der Waals surface area contributed by atoms with Crippen LogP contribution >= 0.6 is 0 Å². The Balaban J connectivity index is 2.86. The fraction of sp³-hybridized carbons (Fsp3) is 1.00. The Hall–Kier alpha value is -0.250. The molecule has 0 bridgehead atoms. The SMILES string of the molecule is CC(C)C1OCC(O)C(O)C1OS(=O)(=O)O. The van der Waals surface area contributed by atoms with Gasteiger partial charge in [-0.05, 0) is 5.92 Å². The van der Waals surface area contributed by atoms with Gasteiger partial charge in [0.1, 0.15) is 18.3 Å². The van der Waals surface area contributed by atoms with Crippen LogP contribution < -0.4 is 0 Å². The van der Waals surface area contributed by atoms with Crippen molar-refractivity contribution in [2.45, 2.75) is 38.3 Å². The molecule has 96 valence electrons. The first-order valence-electron chi connectivity index (χ1n) is 4.86. The van der Waals surface area contributed by atoms with E-state index in [-0.39, 0.29) is 12.5 Å². The summed E-state index contributed by atoms with van der Waals surface area (Å²) in [4.78, 5) is 0. The lowest BCUT2D eigenvalue weighted by Gasteiger charge is -2.38. The van der Waals surface area contributed by atoms with E-state index in [0.717, 1.165) is 0 Å². The topological polar surface area (TPSA) is 113 Å². The lowest BCUT2D eigenvalue weighted by Crippen LogP contribution is -2.56. The quantitative estimate of drug-likeness (QED) is 0.552. The fourth-order valence-electron chi connectivity index (χ4n) is 1.64. The molecule has 7 nitrogen and oxygen atoms in total. The van der Waals surface area contributed by atoms with Crippen molar-refractivity contribution in [3.8, 4) is 0 Å². The van der Waals surface area contributed by atoms with Gasteiger partial charge in [-0.2, -0.15) is 8.42 Å². The van der Waals surface area contributed by atoms with Crippen LogP contribution in [0.1, 0.15) is 13.8 Å². The predicted octanol–water partition coefficient (Wildman–Crippen LogP) is -1.05. The lowest BCUT2D eigenvalue weighted by molar-refractivity contribution is -0.189. The Bertz CT molecular complexity index is 325. The van der Waals surface area contributed by atoms with E-state index in [1.807, 2.05) is 0 Å². The molecule has 1 heterocycles. The molecule has 1 aliphatic heterocycles. The molecule has 1 aliphatic rings. The molecule has 0 aromatic rings. The van der Waals surface area contributed by atoms with E-state index < -0.39 is 34.8 Å². The highest BCUT2D eigenvalue weighted by Crippen LogP contribution is 2.25. The van der Waals surface area contributed by atoms with Gasteiger partial charge in [0.15, 0.2) is 0 Å². The Morgan fingerprint density at radius 2 is 1.94 bits per heavy atom. The van der Waals surface area contributed by atoms with E-state index in [4.69, 9.17) is 9.29 Å². The zero-order chi connectivity index (χ0) is 12.5. The largest absolute Gasteiger partial charge is 0.397 e. The van der Waals surface area contributed by atoms with E-state index in [9.17, 15) is 18.6 Å². The van der Waals surface area contributed by atoms with Crippen molar-refractivity contribution in [2.75, 3.05) is 6.61 Å². The molecule has 8 heteroatoms. The van der Waals surface area contributed by atoms with E-state index in [0.29, 0.717) is 0 Å². The van der Waals surface area contributed by atoms with Gasteiger partial charge in [-0.3, -0.25) is 4.55 Å². The highest BCUT2D eigenvalue weighted by Gasteiger charge is 2.43. The van der Waals surface area contributed by atoms with Gasteiger partial charge in [0.25, 0.3) is 0 Å². The van der Waals surface area contributed by atoms with Crippen LogP contribution in [-0.4, -0.2) is 54.2 Å². The molecule has 3 N–H and O–H groups in total. The van der Waals surface area contributed by atoms with Gasteiger partial charge in [-0.1, -0.05) is 13.8 Å². The molecule has 1 rings (SSSR count). The van der Waals surface area contributed by atoms with Crippen LogP contribution in [0.3, 0.4) is 0 Å². The Morgan fingerprint density at radius 1 is 1.38 bits per heavy atom. The number of hydrogen-bond acceptors (Lipinski definition) is 6. The van der Waals surface area contributed by atoms with E-state index in [2.05, 4.69) is 4.18 Å². The first-order chi connectivity index (χ1) is 7.22. The Labute approximate surface area is 93.9 Å². The van der Waals surface area contributed by atoms with E-state index >= 15 is 0 Å². The normalized spacial score (nSPS) is 36.6. The summed E-state index contributed by atoms with van der Waals surface area (Å²) in [6.45, 7) is 3.39. The molecular weight excluding hydrogens is 240 g/mol. The molecule has 16 heavy (non-hydrogen) atoms. The Kier molecular flexibility index (Phi) is 4.27. The molecule has 0 amide bonds. The maximum absolute atomic E-state index is 10.6. The zero-order valence-electron chi connectivity index (χ0n) is 8.98. The van der Waals surface area contributed by atoms with Crippen molar-refractivity contribution < 1.29 is 32.1 Å². The molecule has 0 saturated carbocycles. The van der Waals surface area contributed by atoms with Gasteiger partial charge in [0, 0.05) is 0 Å². The van der Waals surface area contributed by atoms with Crippen LogP contribution in [-0.2, 0) is 19.3 Å². The van der Waals surface area contributed by atoms with Crippen molar-refractivity contribution in [1.82, 2.24) is 0 Å². The molecule has 1 fully saturated rings. The second-order valence-electron chi connectivity index (χ2n) is 4.09. The molecule has 0 radical (unpaired) electrons. The second kappa shape index (κ2) is 4.94. The summed E-state index contributed by atoms with van der Waals surface area (Å²) in [6, 6.07) is 0. The van der Waals surface area contributed by atoms with Gasteiger partial charge >= 0.3 is 10.4 Å². The molecule has 0 aromatic carbocycles. The Morgan fingerprint density at radius 3 is 2.38 bits per heavy atom. The van der Waals surface area contributed by atoms with Crippen LogP contribution in [0.15, 0.2) is 0 Å². The minimum atomic E-state index is -4.70. The summed E-state index contributed by atoms with van der Waals surface area (Å²) in [6.07, 6.45) is -4.66. The van der Waals surface area contributed by atoms with E-state index in [1.54, 1.807) is 13.8 Å². The highest BCUT2D eigenvalue weighted by molar-refractivity contribution is 7.80. The van der Waals surface area contributed by atoms with Crippen molar-refractivity contribution >= 4 is 10.4 Å². The van der Waals surface area contributed by atoms with Gasteiger partial charge in [0.05, 0.1) is 12.7 Å². The summed E-state index contributed by atoms with van der Waals surface area (Å²) >= 11 is 0. The summed E-state index contributed by atoms with van der Waals surface area (Å²) in [7, 11) is -4.70. The lowest BCUT2D eigenvalue weighted by atomic mass is 9.93. The molecule has 0 aromatic heterocycles. The van der Waals surface area contributed by atoms with Gasteiger partial charge in [0.2, 0.25) is 0 Å². The van der Waals surface area contributed by atoms with Crippen LogP contribution in [0.4, 0.5) is 0 Å². The smallest absolute Gasteiger partial charge is 0.388 e. The summed E-state index contributed by atoms with van der Waals surface area (Å²) in [5.74, 6) is -0.131. The van der Waals surface area contributed by atoms with Gasteiger partial charge < -0.3 is 14.9 Å². The molecule has 0 spiro atoms. The van der Waals surface area contributed by atoms with Crippen molar-refractivity contribution in [3.05, 3.63) is 0 Å². The number of aliphatic hydroxyl groups excluding tert-OH is 2. The number of rotatable bonds is 3. The molecule has 4 unspecified atom stereocenters. The highest BCUT2D eigenvalue weighted by atomic mass is 32.3. The average Bonchev–Trinajstić information content (AvgIpc) is 2.10. The second-order valence-corrected chi connectivity index (χ2v) is 5.14. The first-order valence-corrected chi connectivity index (χ1v) is 6.22.